The Morgan fingerprint density at radius 2 is 1.95 bits per heavy atom. The molecule has 3 rings (SSSR count). The molecule has 0 saturated carbocycles. The molecule has 0 aromatic heterocycles. The average Bonchev–Trinajstić information content (AvgIpc) is 2.27. The Hall–Kier alpha value is -1.43. The third-order valence-electron chi connectivity index (χ3n) is 4.29. The number of hydrogen-bond donors (Lipinski definition) is 1. The first-order chi connectivity index (χ1) is 8.62. The molecule has 0 spiro atoms. The van der Waals surface area contributed by atoms with Crippen LogP contribution in [0.5, 0.6) is 0 Å². The Labute approximate surface area is 111 Å². The van der Waals surface area contributed by atoms with Crippen molar-refractivity contribution in [2.45, 2.75) is 36.3 Å². The summed E-state index contributed by atoms with van der Waals surface area (Å²) in [5, 5.41) is -0.716. The maximum atomic E-state index is 13.9. The third kappa shape index (κ3) is 1.23. The summed E-state index contributed by atoms with van der Waals surface area (Å²) in [4.78, 5) is 4.38. The molecule has 2 heterocycles. The molecular weight excluding hydrogens is 267 g/mol. The number of nitrogens with zero attached hydrogens (tertiary/aromatic N) is 1. The molecule has 0 aliphatic carbocycles. The van der Waals surface area contributed by atoms with E-state index < -0.39 is 31.2 Å². The molecule has 2 N–H and O–H groups in total. The van der Waals surface area contributed by atoms with Crippen LogP contribution in [-0.2, 0) is 15.4 Å². The summed E-state index contributed by atoms with van der Waals surface area (Å²) in [6.07, 6.45) is 0. The molecule has 0 radical (unpaired) electrons. The number of nitrogen functional groups attached to an aromatic ring is 1. The molecule has 1 aromatic carbocycles. The highest BCUT2D eigenvalue weighted by Gasteiger charge is 2.72. The molecule has 2 aliphatic heterocycles. The molecule has 1 aromatic rings. The van der Waals surface area contributed by atoms with E-state index in [1.807, 2.05) is 0 Å². The number of halogens is 1. The fourth-order valence-corrected chi connectivity index (χ4v) is 5.27. The second-order valence-electron chi connectivity index (χ2n) is 5.82. The van der Waals surface area contributed by atoms with Crippen LogP contribution in [0.15, 0.2) is 23.2 Å². The van der Waals surface area contributed by atoms with Crippen molar-refractivity contribution in [3.8, 4) is 0 Å². The zero-order valence-corrected chi connectivity index (χ0v) is 11.8. The van der Waals surface area contributed by atoms with E-state index in [-0.39, 0.29) is 5.56 Å². The summed E-state index contributed by atoms with van der Waals surface area (Å²) in [6.45, 7) is 4.91. The highest BCUT2D eigenvalue weighted by molar-refractivity contribution is 7.98. The third-order valence-corrected chi connectivity index (χ3v) is 7.22. The monoisotopic (exact) mass is 282 g/mol. The highest BCUT2D eigenvalue weighted by atomic mass is 32.2. The predicted molar refractivity (Wildman–Crippen MR) is 72.4 cm³/mol. The Morgan fingerprint density at radius 1 is 1.32 bits per heavy atom. The van der Waals surface area contributed by atoms with E-state index in [4.69, 9.17) is 5.73 Å². The zero-order valence-electron chi connectivity index (χ0n) is 10.9. The largest absolute Gasteiger partial charge is 0.399 e. The number of sulfone groups is 1. The fraction of sp³-hybridized carbons (Fsp3) is 0.462. The van der Waals surface area contributed by atoms with Gasteiger partial charge in [0.05, 0.1) is 5.71 Å². The van der Waals surface area contributed by atoms with Crippen LogP contribution in [0, 0.1) is 5.82 Å². The summed E-state index contributed by atoms with van der Waals surface area (Å²) in [7, 11) is -3.32. The van der Waals surface area contributed by atoms with Crippen molar-refractivity contribution >= 4 is 21.2 Å². The van der Waals surface area contributed by atoms with Crippen LogP contribution in [0.2, 0.25) is 0 Å². The summed E-state index contributed by atoms with van der Waals surface area (Å²) in [5.41, 5.74) is 5.89. The first kappa shape index (κ1) is 12.6. The Morgan fingerprint density at radius 3 is 2.53 bits per heavy atom. The lowest BCUT2D eigenvalue weighted by Gasteiger charge is -2.57. The molecule has 0 bridgehead atoms. The van der Waals surface area contributed by atoms with E-state index in [0.717, 1.165) is 0 Å². The fourth-order valence-electron chi connectivity index (χ4n) is 2.98. The van der Waals surface area contributed by atoms with Crippen molar-refractivity contribution in [1.82, 2.24) is 0 Å². The van der Waals surface area contributed by atoms with Crippen LogP contribution in [0.3, 0.4) is 0 Å². The molecule has 0 amide bonds. The normalized spacial score (nSPS) is 33.7. The van der Waals surface area contributed by atoms with Gasteiger partial charge in [-0.2, -0.15) is 0 Å². The van der Waals surface area contributed by atoms with Crippen molar-refractivity contribution in [2.24, 2.45) is 4.99 Å². The minimum atomic E-state index is -3.32. The first-order valence-electron chi connectivity index (χ1n) is 6.01. The van der Waals surface area contributed by atoms with Gasteiger partial charge in [-0.3, -0.25) is 4.99 Å². The molecule has 2 atom stereocenters. The van der Waals surface area contributed by atoms with Gasteiger partial charge in [0, 0.05) is 11.3 Å². The number of rotatable bonds is 1. The predicted octanol–water partition coefficient (Wildman–Crippen LogP) is 1.65. The van der Waals surface area contributed by atoms with Crippen LogP contribution in [0.1, 0.15) is 26.3 Å². The number of anilines is 1. The lowest BCUT2D eigenvalue weighted by atomic mass is 9.76. The van der Waals surface area contributed by atoms with E-state index in [9.17, 15) is 12.8 Å². The minimum absolute atomic E-state index is 0.250. The second-order valence-corrected chi connectivity index (χ2v) is 8.40. The van der Waals surface area contributed by atoms with Gasteiger partial charge in [-0.1, -0.05) is 0 Å². The molecule has 4 nitrogen and oxygen atoms in total. The van der Waals surface area contributed by atoms with Gasteiger partial charge < -0.3 is 5.73 Å². The van der Waals surface area contributed by atoms with Gasteiger partial charge in [-0.15, -0.1) is 0 Å². The molecule has 1 fully saturated rings. The summed E-state index contributed by atoms with van der Waals surface area (Å²) >= 11 is 0. The van der Waals surface area contributed by atoms with Gasteiger partial charge in [0.25, 0.3) is 0 Å². The van der Waals surface area contributed by atoms with Crippen LogP contribution in [0.4, 0.5) is 10.1 Å². The summed E-state index contributed by atoms with van der Waals surface area (Å²) < 4.78 is 37.6. The number of fused-ring (bicyclic) bond motifs is 1. The maximum absolute atomic E-state index is 13.9. The standard InChI is InChI=1S/C13H15FN2O2S/c1-12(2)10-11(19(12,17)18)13(3,16-10)8-6-7(15)4-5-9(8)14/h4-6,11H,15H2,1-3H3. The van der Waals surface area contributed by atoms with Crippen LogP contribution < -0.4 is 5.73 Å². The van der Waals surface area contributed by atoms with E-state index in [2.05, 4.69) is 4.99 Å². The van der Waals surface area contributed by atoms with Crippen LogP contribution in [0.25, 0.3) is 0 Å². The van der Waals surface area contributed by atoms with Gasteiger partial charge in [-0.05, 0) is 39.0 Å². The van der Waals surface area contributed by atoms with E-state index in [1.54, 1.807) is 20.8 Å². The summed E-state index contributed by atoms with van der Waals surface area (Å²) in [6, 6.07) is 4.17. The lowest BCUT2D eigenvalue weighted by molar-refractivity contribution is 0.394. The van der Waals surface area contributed by atoms with Crippen molar-refractivity contribution in [3.63, 3.8) is 0 Å². The molecule has 19 heavy (non-hydrogen) atoms. The smallest absolute Gasteiger partial charge is 0.171 e. The Kier molecular flexibility index (Phi) is 2.10. The first-order valence-corrected chi connectivity index (χ1v) is 7.56. The molecule has 102 valence electrons. The molecule has 6 heteroatoms. The van der Waals surface area contributed by atoms with Crippen molar-refractivity contribution in [2.75, 3.05) is 5.73 Å². The highest BCUT2D eigenvalue weighted by Crippen LogP contribution is 2.55. The van der Waals surface area contributed by atoms with Crippen LogP contribution >= 0.6 is 0 Å². The van der Waals surface area contributed by atoms with Crippen molar-refractivity contribution in [3.05, 3.63) is 29.6 Å². The second kappa shape index (κ2) is 3.17. The average molecular weight is 282 g/mol. The van der Waals surface area contributed by atoms with Gasteiger partial charge in [0.2, 0.25) is 0 Å². The number of aliphatic imine (C=N–C) groups is 1. The van der Waals surface area contributed by atoms with Crippen LogP contribution in [-0.4, -0.2) is 24.1 Å². The topological polar surface area (TPSA) is 72.5 Å². The van der Waals surface area contributed by atoms with Gasteiger partial charge in [0.1, 0.15) is 21.4 Å². The zero-order chi connectivity index (χ0) is 14.2. The van der Waals surface area contributed by atoms with E-state index in [1.165, 1.54) is 18.2 Å². The number of benzene rings is 1. The van der Waals surface area contributed by atoms with Crippen molar-refractivity contribution in [1.29, 1.82) is 0 Å². The Balaban J connectivity index is 2.17. The van der Waals surface area contributed by atoms with E-state index >= 15 is 0 Å². The van der Waals surface area contributed by atoms with Gasteiger partial charge in [-0.25, -0.2) is 12.8 Å². The molecular formula is C13H15FN2O2S. The molecule has 1 saturated heterocycles. The molecule has 2 aliphatic rings. The SMILES string of the molecule is CC1(c2cc(N)ccc2F)N=C2C1S(=O)(=O)C2(C)C. The van der Waals surface area contributed by atoms with E-state index in [0.29, 0.717) is 11.4 Å². The summed E-state index contributed by atoms with van der Waals surface area (Å²) in [5.74, 6) is -0.473. The Bertz CT molecular complexity index is 724. The quantitative estimate of drug-likeness (QED) is 0.796. The van der Waals surface area contributed by atoms with Gasteiger partial charge in [0.15, 0.2) is 9.84 Å². The number of nitrogens with two attached hydrogens (primary N) is 1. The number of hydrogen-bond acceptors (Lipinski definition) is 4. The minimum Gasteiger partial charge on any atom is -0.399 e. The maximum Gasteiger partial charge on any atom is 0.171 e. The molecule has 2 unspecified atom stereocenters. The van der Waals surface area contributed by atoms with Gasteiger partial charge >= 0.3 is 0 Å². The van der Waals surface area contributed by atoms with Crippen molar-refractivity contribution < 1.29 is 12.8 Å². The lowest BCUT2D eigenvalue weighted by Crippen LogP contribution is -2.75.